The quantitative estimate of drug-likeness (QED) is 0.813. The minimum atomic E-state index is -0.984. The second-order valence-corrected chi connectivity index (χ2v) is 6.96. The third-order valence-corrected chi connectivity index (χ3v) is 5.27. The zero-order valence-electron chi connectivity index (χ0n) is 12.7. The van der Waals surface area contributed by atoms with E-state index >= 15 is 0 Å². The summed E-state index contributed by atoms with van der Waals surface area (Å²) in [5.41, 5.74) is -0.984. The third kappa shape index (κ3) is 2.58. The van der Waals surface area contributed by atoms with Crippen molar-refractivity contribution in [3.63, 3.8) is 0 Å². The normalized spacial score (nSPS) is 27.5. The van der Waals surface area contributed by atoms with Crippen molar-refractivity contribution in [3.05, 3.63) is 0 Å². The Hall–Kier alpha value is -1.39. The van der Waals surface area contributed by atoms with E-state index in [0.717, 1.165) is 32.1 Å². The van der Waals surface area contributed by atoms with Gasteiger partial charge in [0.15, 0.2) is 0 Å². The number of carbonyl (C=O) groups is 3. The van der Waals surface area contributed by atoms with Gasteiger partial charge in [-0.05, 0) is 32.1 Å². The number of rotatable bonds is 3. The molecule has 2 aliphatic carbocycles. The summed E-state index contributed by atoms with van der Waals surface area (Å²) in [7, 11) is 0. The van der Waals surface area contributed by atoms with E-state index in [1.54, 1.807) is 0 Å². The van der Waals surface area contributed by atoms with E-state index in [4.69, 9.17) is 0 Å². The van der Waals surface area contributed by atoms with Crippen LogP contribution in [0, 0.1) is 11.3 Å². The second kappa shape index (κ2) is 5.43. The van der Waals surface area contributed by atoms with Gasteiger partial charge >= 0.3 is 6.03 Å². The molecular formula is C16H24N2O3. The Morgan fingerprint density at radius 1 is 1.14 bits per heavy atom. The maximum absolute atomic E-state index is 13.0. The number of nitrogens with zero attached hydrogens (tertiary/aromatic N) is 1. The Bertz CT molecular complexity index is 462. The lowest BCUT2D eigenvalue weighted by Crippen LogP contribution is -2.65. The van der Waals surface area contributed by atoms with Crippen molar-refractivity contribution in [1.82, 2.24) is 10.2 Å². The molecule has 0 aromatic heterocycles. The monoisotopic (exact) mass is 292 g/mol. The van der Waals surface area contributed by atoms with Gasteiger partial charge in [-0.1, -0.05) is 38.5 Å². The highest BCUT2D eigenvalue weighted by Gasteiger charge is 2.54. The first-order valence-corrected chi connectivity index (χ1v) is 8.24. The largest absolute Gasteiger partial charge is 0.331 e. The number of carbonyl (C=O) groups excluding carboxylic acids is 3. The summed E-state index contributed by atoms with van der Waals surface area (Å²) in [6.07, 6.45) is 8.31. The molecule has 3 aliphatic rings. The van der Waals surface area contributed by atoms with Crippen LogP contribution >= 0.6 is 0 Å². The van der Waals surface area contributed by atoms with E-state index in [1.165, 1.54) is 17.7 Å². The Kier molecular flexibility index (Phi) is 3.76. The third-order valence-electron chi connectivity index (χ3n) is 5.27. The van der Waals surface area contributed by atoms with Gasteiger partial charge in [0.2, 0.25) is 11.8 Å². The van der Waals surface area contributed by atoms with Crippen molar-refractivity contribution in [3.8, 4) is 0 Å². The molecule has 1 unspecified atom stereocenters. The van der Waals surface area contributed by atoms with Gasteiger partial charge in [0.1, 0.15) is 5.41 Å². The van der Waals surface area contributed by atoms with Gasteiger partial charge in [0, 0.05) is 6.04 Å². The number of barbiturate groups is 1. The molecule has 0 bridgehead atoms. The lowest BCUT2D eigenvalue weighted by molar-refractivity contribution is -0.154. The van der Waals surface area contributed by atoms with Crippen molar-refractivity contribution in [2.75, 3.05) is 0 Å². The zero-order chi connectivity index (χ0) is 15.0. The fourth-order valence-corrected chi connectivity index (χ4v) is 3.81. The molecule has 1 N–H and O–H groups in total. The minimum Gasteiger partial charge on any atom is -0.277 e. The first-order valence-electron chi connectivity index (χ1n) is 8.24. The van der Waals surface area contributed by atoms with Gasteiger partial charge in [-0.3, -0.25) is 19.8 Å². The summed E-state index contributed by atoms with van der Waals surface area (Å²) in [6, 6.07) is -0.633. The van der Waals surface area contributed by atoms with E-state index in [9.17, 15) is 14.4 Å². The summed E-state index contributed by atoms with van der Waals surface area (Å²) in [4.78, 5) is 38.8. The first kappa shape index (κ1) is 14.5. The SMILES string of the molecule is CC(CC1CC1)N1C(=O)NC(=O)C2(CCCCCC2)C1=O. The standard InChI is InChI=1S/C16H24N2O3/c1-11(10-12-6-7-12)18-14(20)16(13(19)17-15(18)21)8-4-2-3-5-9-16/h11-12H,2-10H2,1H3,(H,17,19,21). The number of hydrogen-bond donors (Lipinski definition) is 1. The Morgan fingerprint density at radius 3 is 2.33 bits per heavy atom. The molecule has 1 heterocycles. The van der Waals surface area contributed by atoms with Crippen LogP contribution in [-0.4, -0.2) is 28.8 Å². The molecule has 21 heavy (non-hydrogen) atoms. The first-order chi connectivity index (χ1) is 10.0. The number of urea groups is 1. The maximum Gasteiger partial charge on any atom is 0.331 e. The second-order valence-electron chi connectivity index (χ2n) is 6.96. The summed E-state index contributed by atoms with van der Waals surface area (Å²) in [5.74, 6) is 0.0314. The molecule has 5 heteroatoms. The maximum atomic E-state index is 13.0. The molecule has 0 aromatic carbocycles. The average molecular weight is 292 g/mol. The number of nitrogens with one attached hydrogen (secondary N) is 1. The fourth-order valence-electron chi connectivity index (χ4n) is 3.81. The average Bonchev–Trinajstić information content (AvgIpc) is 3.23. The predicted octanol–water partition coefficient (Wildman–Crippen LogP) is 2.59. The lowest BCUT2D eigenvalue weighted by atomic mass is 9.76. The molecule has 0 aromatic rings. The minimum absolute atomic E-state index is 0.113. The van der Waals surface area contributed by atoms with Crippen LogP contribution < -0.4 is 5.32 Å². The molecule has 4 amide bonds. The number of amides is 4. The fraction of sp³-hybridized carbons (Fsp3) is 0.812. The highest BCUT2D eigenvalue weighted by Crippen LogP contribution is 2.41. The molecular weight excluding hydrogens is 268 g/mol. The van der Waals surface area contributed by atoms with Crippen LogP contribution in [-0.2, 0) is 9.59 Å². The van der Waals surface area contributed by atoms with Gasteiger partial charge < -0.3 is 0 Å². The van der Waals surface area contributed by atoms with Crippen molar-refractivity contribution in [2.45, 2.75) is 70.8 Å². The molecule has 116 valence electrons. The van der Waals surface area contributed by atoms with Gasteiger partial charge in [-0.2, -0.15) is 0 Å². The topological polar surface area (TPSA) is 66.5 Å². The van der Waals surface area contributed by atoms with Crippen LogP contribution in [0.2, 0.25) is 0 Å². The molecule has 0 radical (unpaired) electrons. The molecule has 1 aliphatic heterocycles. The van der Waals surface area contributed by atoms with Gasteiger partial charge in [0.25, 0.3) is 0 Å². The van der Waals surface area contributed by atoms with E-state index < -0.39 is 11.4 Å². The summed E-state index contributed by atoms with van der Waals surface area (Å²) in [6.45, 7) is 1.93. The van der Waals surface area contributed by atoms with Crippen molar-refractivity contribution in [2.24, 2.45) is 11.3 Å². The zero-order valence-corrected chi connectivity index (χ0v) is 12.7. The van der Waals surface area contributed by atoms with Crippen LogP contribution in [0.1, 0.15) is 64.7 Å². The van der Waals surface area contributed by atoms with Crippen LogP contribution in [0.25, 0.3) is 0 Å². The van der Waals surface area contributed by atoms with E-state index in [1.807, 2.05) is 6.92 Å². The van der Waals surface area contributed by atoms with Crippen LogP contribution in [0.15, 0.2) is 0 Å². The molecule has 5 nitrogen and oxygen atoms in total. The van der Waals surface area contributed by atoms with Crippen LogP contribution in [0.4, 0.5) is 4.79 Å². The Labute approximate surface area is 125 Å². The molecule has 3 fully saturated rings. The number of hydrogen-bond acceptors (Lipinski definition) is 3. The van der Waals surface area contributed by atoms with Gasteiger partial charge in [-0.15, -0.1) is 0 Å². The Morgan fingerprint density at radius 2 is 1.76 bits per heavy atom. The van der Waals surface area contributed by atoms with E-state index in [-0.39, 0.29) is 17.9 Å². The molecule has 2 saturated carbocycles. The molecule has 1 atom stereocenters. The van der Waals surface area contributed by atoms with Crippen LogP contribution in [0.3, 0.4) is 0 Å². The number of imide groups is 2. The molecule has 1 spiro atoms. The predicted molar refractivity (Wildman–Crippen MR) is 77.3 cm³/mol. The molecule has 1 saturated heterocycles. The van der Waals surface area contributed by atoms with Gasteiger partial charge in [-0.25, -0.2) is 4.79 Å². The van der Waals surface area contributed by atoms with E-state index in [2.05, 4.69) is 5.32 Å². The van der Waals surface area contributed by atoms with Crippen molar-refractivity contribution >= 4 is 17.8 Å². The molecule has 3 rings (SSSR count). The highest BCUT2D eigenvalue weighted by atomic mass is 16.2. The lowest BCUT2D eigenvalue weighted by Gasteiger charge is -2.41. The van der Waals surface area contributed by atoms with E-state index in [0.29, 0.717) is 18.8 Å². The Balaban J connectivity index is 1.84. The highest BCUT2D eigenvalue weighted by molar-refractivity contribution is 6.19. The summed E-state index contributed by atoms with van der Waals surface area (Å²) in [5, 5.41) is 2.45. The summed E-state index contributed by atoms with van der Waals surface area (Å²) < 4.78 is 0. The van der Waals surface area contributed by atoms with Crippen molar-refractivity contribution < 1.29 is 14.4 Å². The smallest absolute Gasteiger partial charge is 0.277 e. The van der Waals surface area contributed by atoms with Gasteiger partial charge in [0.05, 0.1) is 0 Å². The van der Waals surface area contributed by atoms with Crippen LogP contribution in [0.5, 0.6) is 0 Å². The summed E-state index contributed by atoms with van der Waals surface area (Å²) >= 11 is 0. The van der Waals surface area contributed by atoms with Crippen molar-refractivity contribution in [1.29, 1.82) is 0 Å².